The number of nitrogens with zero attached hydrogens (tertiary/aromatic N) is 2. The molecule has 1 aromatic carbocycles. The van der Waals surface area contributed by atoms with Crippen LogP contribution in [0.1, 0.15) is 44.1 Å². The topological polar surface area (TPSA) is 57.7 Å². The monoisotopic (exact) mass is 368 g/mol. The van der Waals surface area contributed by atoms with Crippen molar-refractivity contribution in [3.8, 4) is 0 Å². The zero-order valence-corrected chi connectivity index (χ0v) is 15.4. The third kappa shape index (κ3) is 3.87. The van der Waals surface area contributed by atoms with E-state index in [9.17, 15) is 17.6 Å². The molecule has 7 heteroatoms. The molecule has 2 fully saturated rings. The summed E-state index contributed by atoms with van der Waals surface area (Å²) in [5.74, 6) is -0.265. The number of hydrogen-bond donors (Lipinski definition) is 0. The molecule has 1 atom stereocenters. The third-order valence-corrected chi connectivity index (χ3v) is 7.31. The zero-order chi connectivity index (χ0) is 18.0. The summed E-state index contributed by atoms with van der Waals surface area (Å²) in [4.78, 5) is 13.8. The summed E-state index contributed by atoms with van der Waals surface area (Å²) < 4.78 is 41.1. The Morgan fingerprint density at radius 3 is 2.68 bits per heavy atom. The largest absolute Gasteiger partial charge is 0.343 e. The number of sulfonamides is 1. The molecule has 0 unspecified atom stereocenters. The second-order valence-electron chi connectivity index (χ2n) is 6.95. The number of amides is 1. The summed E-state index contributed by atoms with van der Waals surface area (Å²) in [5, 5.41) is 0. The number of hydrogen-bond acceptors (Lipinski definition) is 3. The van der Waals surface area contributed by atoms with Gasteiger partial charge in [0.1, 0.15) is 5.82 Å². The molecule has 0 saturated carbocycles. The number of halogens is 1. The Balaban J connectivity index is 1.78. The number of carbonyl (C=O) groups is 1. The average Bonchev–Trinajstić information content (AvgIpc) is 2.98. The quantitative estimate of drug-likeness (QED) is 0.803. The lowest BCUT2D eigenvalue weighted by Gasteiger charge is -2.35. The minimum Gasteiger partial charge on any atom is -0.343 e. The Morgan fingerprint density at radius 2 is 2.00 bits per heavy atom. The minimum atomic E-state index is -3.65. The lowest BCUT2D eigenvalue weighted by molar-refractivity contribution is -0.127. The Morgan fingerprint density at radius 1 is 1.20 bits per heavy atom. The number of piperidine rings is 1. The predicted molar refractivity (Wildman–Crippen MR) is 93.1 cm³/mol. The summed E-state index contributed by atoms with van der Waals surface area (Å²) in [6.07, 6.45) is 4.78. The van der Waals surface area contributed by atoms with Crippen LogP contribution in [0, 0.1) is 12.7 Å². The Kier molecular flexibility index (Phi) is 5.43. The van der Waals surface area contributed by atoms with Crippen LogP contribution < -0.4 is 0 Å². The van der Waals surface area contributed by atoms with E-state index in [4.69, 9.17) is 0 Å². The van der Waals surface area contributed by atoms with Gasteiger partial charge < -0.3 is 4.90 Å². The molecule has 2 aliphatic heterocycles. The highest BCUT2D eigenvalue weighted by atomic mass is 32.2. The molecule has 0 aromatic heterocycles. The van der Waals surface area contributed by atoms with Gasteiger partial charge in [0.15, 0.2) is 0 Å². The first-order chi connectivity index (χ1) is 11.9. The van der Waals surface area contributed by atoms with Gasteiger partial charge in [-0.2, -0.15) is 4.31 Å². The van der Waals surface area contributed by atoms with Gasteiger partial charge in [-0.1, -0.05) is 6.42 Å². The molecular formula is C18H25FN2O3S. The molecule has 3 rings (SSSR count). The van der Waals surface area contributed by atoms with Crippen LogP contribution in [-0.2, 0) is 14.8 Å². The van der Waals surface area contributed by atoms with E-state index in [0.29, 0.717) is 31.5 Å². The van der Waals surface area contributed by atoms with Gasteiger partial charge in [0, 0.05) is 32.1 Å². The fourth-order valence-corrected chi connectivity index (χ4v) is 5.78. The van der Waals surface area contributed by atoms with Crippen LogP contribution in [0.4, 0.5) is 4.39 Å². The van der Waals surface area contributed by atoms with E-state index in [-0.39, 0.29) is 16.8 Å². The van der Waals surface area contributed by atoms with E-state index in [1.165, 1.54) is 18.2 Å². The van der Waals surface area contributed by atoms with Gasteiger partial charge in [0.05, 0.1) is 4.90 Å². The smallest absolute Gasteiger partial charge is 0.243 e. The molecule has 0 radical (unpaired) electrons. The van der Waals surface area contributed by atoms with Crippen molar-refractivity contribution in [3.63, 3.8) is 0 Å². The SMILES string of the molecule is Cc1cc(F)ccc1S(=O)(=O)N1CCCC[C@H]1CCN1CCCC1=O. The second kappa shape index (κ2) is 7.41. The van der Waals surface area contributed by atoms with Crippen molar-refractivity contribution in [2.75, 3.05) is 19.6 Å². The van der Waals surface area contributed by atoms with Gasteiger partial charge in [-0.05, 0) is 56.4 Å². The van der Waals surface area contributed by atoms with Gasteiger partial charge in [-0.25, -0.2) is 12.8 Å². The average molecular weight is 368 g/mol. The van der Waals surface area contributed by atoms with Crippen LogP contribution in [0.15, 0.2) is 23.1 Å². The fourth-order valence-electron chi connectivity index (χ4n) is 3.85. The second-order valence-corrected chi connectivity index (χ2v) is 8.81. The van der Waals surface area contributed by atoms with Gasteiger partial charge in [0.2, 0.25) is 15.9 Å². The van der Waals surface area contributed by atoms with Crippen LogP contribution >= 0.6 is 0 Å². The highest BCUT2D eigenvalue weighted by Gasteiger charge is 2.35. The van der Waals surface area contributed by atoms with Crippen LogP contribution in [0.5, 0.6) is 0 Å². The molecule has 2 aliphatic rings. The van der Waals surface area contributed by atoms with Crippen molar-refractivity contribution in [3.05, 3.63) is 29.6 Å². The predicted octanol–water partition coefficient (Wildman–Crippen LogP) is 2.69. The molecule has 1 amide bonds. The molecule has 138 valence electrons. The molecule has 0 bridgehead atoms. The summed E-state index contributed by atoms with van der Waals surface area (Å²) in [5.41, 5.74) is 0.430. The zero-order valence-electron chi connectivity index (χ0n) is 14.6. The van der Waals surface area contributed by atoms with Crippen LogP contribution in [-0.4, -0.2) is 49.2 Å². The maximum Gasteiger partial charge on any atom is 0.243 e. The van der Waals surface area contributed by atoms with Gasteiger partial charge >= 0.3 is 0 Å². The fraction of sp³-hybridized carbons (Fsp3) is 0.611. The number of aryl methyl sites for hydroxylation is 1. The van der Waals surface area contributed by atoms with E-state index >= 15 is 0 Å². The molecule has 2 heterocycles. The summed E-state index contributed by atoms with van der Waals surface area (Å²) in [6, 6.07) is 3.71. The normalized spacial score (nSPS) is 22.6. The molecule has 1 aromatic rings. The third-order valence-electron chi connectivity index (χ3n) is 5.20. The number of rotatable bonds is 5. The van der Waals surface area contributed by atoms with Gasteiger partial charge in [-0.15, -0.1) is 0 Å². The van der Waals surface area contributed by atoms with E-state index in [1.54, 1.807) is 11.2 Å². The first-order valence-electron chi connectivity index (χ1n) is 8.95. The highest BCUT2D eigenvalue weighted by molar-refractivity contribution is 7.89. The molecule has 0 spiro atoms. The summed E-state index contributed by atoms with van der Waals surface area (Å²) >= 11 is 0. The lowest BCUT2D eigenvalue weighted by Crippen LogP contribution is -2.45. The minimum absolute atomic E-state index is 0.100. The Bertz CT molecular complexity index is 751. The molecule has 2 saturated heterocycles. The molecule has 0 N–H and O–H groups in total. The highest BCUT2D eigenvalue weighted by Crippen LogP contribution is 2.29. The van der Waals surface area contributed by atoms with Crippen molar-refractivity contribution in [1.82, 2.24) is 9.21 Å². The standard InChI is InChI=1S/C18H25FN2O3S/c1-14-13-15(19)7-8-17(14)25(23,24)21-11-3-2-5-16(21)9-12-20-10-4-6-18(20)22/h7-8,13,16H,2-6,9-12H2,1H3/t16-/m0/s1. The lowest BCUT2D eigenvalue weighted by atomic mass is 10.0. The summed E-state index contributed by atoms with van der Waals surface area (Å²) in [7, 11) is -3.65. The van der Waals surface area contributed by atoms with E-state index in [0.717, 1.165) is 32.2 Å². The van der Waals surface area contributed by atoms with Crippen molar-refractivity contribution < 1.29 is 17.6 Å². The maximum absolute atomic E-state index is 13.3. The summed E-state index contributed by atoms with van der Waals surface area (Å²) in [6.45, 7) is 3.49. The molecular weight excluding hydrogens is 343 g/mol. The van der Waals surface area contributed by atoms with Gasteiger partial charge in [0.25, 0.3) is 0 Å². The molecule has 0 aliphatic carbocycles. The van der Waals surface area contributed by atoms with E-state index < -0.39 is 15.8 Å². The maximum atomic E-state index is 13.3. The Hall–Kier alpha value is -1.47. The Labute approximate surface area is 148 Å². The van der Waals surface area contributed by atoms with Crippen molar-refractivity contribution >= 4 is 15.9 Å². The van der Waals surface area contributed by atoms with Gasteiger partial charge in [-0.3, -0.25) is 4.79 Å². The number of carbonyl (C=O) groups excluding carboxylic acids is 1. The van der Waals surface area contributed by atoms with Crippen molar-refractivity contribution in [1.29, 1.82) is 0 Å². The van der Waals surface area contributed by atoms with Crippen molar-refractivity contribution in [2.45, 2.75) is 56.4 Å². The van der Waals surface area contributed by atoms with E-state index in [1.807, 2.05) is 4.90 Å². The number of benzene rings is 1. The van der Waals surface area contributed by atoms with E-state index in [2.05, 4.69) is 0 Å². The first kappa shape index (κ1) is 18.3. The first-order valence-corrected chi connectivity index (χ1v) is 10.4. The van der Waals surface area contributed by atoms with Crippen LogP contribution in [0.3, 0.4) is 0 Å². The van der Waals surface area contributed by atoms with Crippen molar-refractivity contribution in [2.24, 2.45) is 0 Å². The molecule has 5 nitrogen and oxygen atoms in total. The molecule has 25 heavy (non-hydrogen) atoms. The van der Waals surface area contributed by atoms with Crippen LogP contribution in [0.25, 0.3) is 0 Å². The number of likely N-dealkylation sites (tertiary alicyclic amines) is 1. The van der Waals surface area contributed by atoms with Crippen LogP contribution in [0.2, 0.25) is 0 Å².